The lowest BCUT2D eigenvalue weighted by Crippen LogP contribution is -2.45. The maximum Gasteiger partial charge on any atom is 0.231 e. The highest BCUT2D eigenvalue weighted by molar-refractivity contribution is 5.89. The molecular weight excluding hydrogens is 280 g/mol. The molecule has 0 spiro atoms. The Bertz CT molecular complexity index is 586. The molecule has 1 atom stereocenters. The average Bonchev–Trinajstić information content (AvgIpc) is 3.04. The van der Waals surface area contributed by atoms with Crippen LogP contribution in [0.3, 0.4) is 0 Å². The van der Waals surface area contributed by atoms with Crippen LogP contribution in [0.5, 0.6) is 11.5 Å². The first kappa shape index (κ1) is 16.2. The molecule has 5 heteroatoms. The van der Waals surface area contributed by atoms with Crippen molar-refractivity contribution < 1.29 is 14.3 Å². The van der Waals surface area contributed by atoms with E-state index in [1.807, 2.05) is 18.2 Å². The van der Waals surface area contributed by atoms with Gasteiger partial charge in [-0.25, -0.2) is 0 Å². The second-order valence-corrected chi connectivity index (χ2v) is 5.68. The predicted molar refractivity (Wildman–Crippen MR) is 82.9 cm³/mol. The molecule has 0 bridgehead atoms. The molecule has 1 aromatic carbocycles. The maximum absolute atomic E-state index is 12.8. The number of ether oxygens (including phenoxy) is 2. The van der Waals surface area contributed by atoms with Gasteiger partial charge in [0.2, 0.25) is 5.91 Å². The molecule has 0 saturated heterocycles. The Kier molecular flexibility index (Phi) is 4.92. The summed E-state index contributed by atoms with van der Waals surface area (Å²) in [5.74, 6) is 1.18. The number of benzene rings is 1. The number of rotatable bonds is 5. The van der Waals surface area contributed by atoms with Gasteiger partial charge in [0, 0.05) is 0 Å². The van der Waals surface area contributed by atoms with E-state index in [0.29, 0.717) is 11.5 Å². The van der Waals surface area contributed by atoms with Gasteiger partial charge in [0.05, 0.1) is 25.7 Å². The van der Waals surface area contributed by atoms with Gasteiger partial charge in [-0.1, -0.05) is 18.9 Å². The Hall–Kier alpha value is -2.22. The SMILES string of the molecule is COc1ccc(C2(C(=O)N[C@H](C)C#N)CCCC2)cc1OC. The summed E-state index contributed by atoms with van der Waals surface area (Å²) >= 11 is 0. The number of nitriles is 1. The lowest BCUT2D eigenvalue weighted by molar-refractivity contribution is -0.127. The molecular formula is C17H22N2O3. The van der Waals surface area contributed by atoms with Crippen molar-refractivity contribution in [3.05, 3.63) is 23.8 Å². The van der Waals surface area contributed by atoms with Gasteiger partial charge in [0.25, 0.3) is 0 Å². The summed E-state index contributed by atoms with van der Waals surface area (Å²) in [6, 6.07) is 7.18. The van der Waals surface area contributed by atoms with Crippen LogP contribution < -0.4 is 14.8 Å². The first-order chi connectivity index (χ1) is 10.6. The highest BCUT2D eigenvalue weighted by Gasteiger charge is 2.43. The minimum Gasteiger partial charge on any atom is -0.493 e. The topological polar surface area (TPSA) is 71.3 Å². The molecule has 0 aliphatic heterocycles. The summed E-state index contributed by atoms with van der Waals surface area (Å²) < 4.78 is 10.6. The van der Waals surface area contributed by atoms with E-state index in [9.17, 15) is 4.79 Å². The number of amides is 1. The normalized spacial score (nSPS) is 17.4. The van der Waals surface area contributed by atoms with E-state index in [1.54, 1.807) is 21.1 Å². The van der Waals surface area contributed by atoms with Crippen molar-refractivity contribution in [3.8, 4) is 17.6 Å². The first-order valence-corrected chi connectivity index (χ1v) is 7.50. The number of hydrogen-bond donors (Lipinski definition) is 1. The fourth-order valence-electron chi connectivity index (χ4n) is 3.13. The van der Waals surface area contributed by atoms with Gasteiger partial charge in [0.1, 0.15) is 6.04 Å². The monoisotopic (exact) mass is 302 g/mol. The van der Waals surface area contributed by atoms with Gasteiger partial charge in [-0.2, -0.15) is 5.26 Å². The molecule has 1 aliphatic rings. The number of carbonyl (C=O) groups is 1. The standard InChI is InChI=1S/C17H22N2O3/c1-12(11-18)19-16(20)17(8-4-5-9-17)13-6-7-14(21-2)15(10-13)22-3/h6-7,10,12H,4-5,8-9H2,1-3H3,(H,19,20)/t12-/m1/s1. The van der Waals surface area contributed by atoms with E-state index in [1.165, 1.54) is 0 Å². The van der Waals surface area contributed by atoms with Crippen LogP contribution in [0.1, 0.15) is 38.2 Å². The zero-order valence-corrected chi connectivity index (χ0v) is 13.3. The maximum atomic E-state index is 12.8. The van der Waals surface area contributed by atoms with Gasteiger partial charge in [-0.15, -0.1) is 0 Å². The number of carbonyl (C=O) groups excluding carboxylic acids is 1. The lowest BCUT2D eigenvalue weighted by Gasteiger charge is -2.29. The van der Waals surface area contributed by atoms with Crippen molar-refractivity contribution in [2.45, 2.75) is 44.1 Å². The van der Waals surface area contributed by atoms with E-state index in [0.717, 1.165) is 31.2 Å². The Labute approximate surface area is 131 Å². The van der Waals surface area contributed by atoms with Crippen molar-refractivity contribution in [3.63, 3.8) is 0 Å². The molecule has 0 unspecified atom stereocenters. The molecule has 2 rings (SSSR count). The summed E-state index contributed by atoms with van der Waals surface area (Å²) in [5.41, 5.74) is 0.343. The fourth-order valence-corrected chi connectivity index (χ4v) is 3.13. The van der Waals surface area contributed by atoms with Crippen LogP contribution in [0.25, 0.3) is 0 Å². The number of hydrogen-bond acceptors (Lipinski definition) is 4. The van der Waals surface area contributed by atoms with Crippen LogP contribution in [0, 0.1) is 11.3 Å². The van der Waals surface area contributed by atoms with E-state index < -0.39 is 11.5 Å². The summed E-state index contributed by atoms with van der Waals surface area (Å²) in [5, 5.41) is 11.7. The van der Waals surface area contributed by atoms with Crippen LogP contribution in [0.15, 0.2) is 18.2 Å². The van der Waals surface area contributed by atoms with Crippen molar-refractivity contribution in [2.75, 3.05) is 14.2 Å². The molecule has 0 radical (unpaired) electrons. The summed E-state index contributed by atoms with van der Waals surface area (Å²) in [7, 11) is 3.17. The predicted octanol–water partition coefficient (Wildman–Crippen LogP) is 2.54. The molecule has 22 heavy (non-hydrogen) atoms. The molecule has 0 heterocycles. The molecule has 118 valence electrons. The Morgan fingerprint density at radius 1 is 1.27 bits per heavy atom. The first-order valence-electron chi connectivity index (χ1n) is 7.50. The number of nitrogens with zero attached hydrogens (tertiary/aromatic N) is 1. The van der Waals surface area contributed by atoms with Crippen LogP contribution in [0.2, 0.25) is 0 Å². The summed E-state index contributed by atoms with van der Waals surface area (Å²) in [6.45, 7) is 1.69. The average molecular weight is 302 g/mol. The summed E-state index contributed by atoms with van der Waals surface area (Å²) in [4.78, 5) is 12.8. The van der Waals surface area contributed by atoms with E-state index >= 15 is 0 Å². The fraction of sp³-hybridized carbons (Fsp3) is 0.529. The van der Waals surface area contributed by atoms with E-state index in [-0.39, 0.29) is 5.91 Å². The second-order valence-electron chi connectivity index (χ2n) is 5.68. The third-order valence-corrected chi connectivity index (χ3v) is 4.37. The lowest BCUT2D eigenvalue weighted by atomic mass is 9.77. The van der Waals surface area contributed by atoms with Crippen molar-refractivity contribution >= 4 is 5.91 Å². The molecule has 5 nitrogen and oxygen atoms in total. The zero-order valence-electron chi connectivity index (χ0n) is 13.3. The van der Waals surface area contributed by atoms with Crippen LogP contribution in [-0.4, -0.2) is 26.2 Å². The molecule has 1 N–H and O–H groups in total. The largest absolute Gasteiger partial charge is 0.493 e. The molecule has 0 aromatic heterocycles. The highest BCUT2D eigenvalue weighted by Crippen LogP contribution is 2.43. The van der Waals surface area contributed by atoms with Gasteiger partial charge in [0.15, 0.2) is 11.5 Å². The third-order valence-electron chi connectivity index (χ3n) is 4.37. The van der Waals surface area contributed by atoms with Crippen molar-refractivity contribution in [2.24, 2.45) is 0 Å². The van der Waals surface area contributed by atoms with Crippen LogP contribution in [-0.2, 0) is 10.2 Å². The Morgan fingerprint density at radius 3 is 2.45 bits per heavy atom. The van der Waals surface area contributed by atoms with Crippen molar-refractivity contribution in [1.29, 1.82) is 5.26 Å². The van der Waals surface area contributed by atoms with Crippen LogP contribution in [0.4, 0.5) is 0 Å². The summed E-state index contributed by atoms with van der Waals surface area (Å²) in [6.07, 6.45) is 3.57. The molecule has 1 amide bonds. The quantitative estimate of drug-likeness (QED) is 0.907. The number of methoxy groups -OCH3 is 2. The molecule has 1 fully saturated rings. The van der Waals surface area contributed by atoms with E-state index in [2.05, 4.69) is 11.4 Å². The Morgan fingerprint density at radius 2 is 1.91 bits per heavy atom. The van der Waals surface area contributed by atoms with E-state index in [4.69, 9.17) is 14.7 Å². The second kappa shape index (κ2) is 6.69. The number of nitrogens with one attached hydrogen (secondary N) is 1. The third kappa shape index (κ3) is 2.87. The van der Waals surface area contributed by atoms with Crippen LogP contribution >= 0.6 is 0 Å². The molecule has 1 aromatic rings. The van der Waals surface area contributed by atoms with Gasteiger partial charge >= 0.3 is 0 Å². The Balaban J connectivity index is 2.39. The minimum atomic E-state index is -0.579. The van der Waals surface area contributed by atoms with Gasteiger partial charge < -0.3 is 14.8 Å². The smallest absolute Gasteiger partial charge is 0.231 e. The van der Waals surface area contributed by atoms with Gasteiger partial charge in [-0.3, -0.25) is 4.79 Å². The van der Waals surface area contributed by atoms with Crippen molar-refractivity contribution in [1.82, 2.24) is 5.32 Å². The molecule has 1 saturated carbocycles. The van der Waals surface area contributed by atoms with Gasteiger partial charge in [-0.05, 0) is 37.5 Å². The molecule has 1 aliphatic carbocycles. The zero-order chi connectivity index (χ0) is 16.2. The minimum absolute atomic E-state index is 0.0775. The highest BCUT2D eigenvalue weighted by atomic mass is 16.5.